The summed E-state index contributed by atoms with van der Waals surface area (Å²) in [5, 5.41) is 12.5. The number of nitriles is 1. The minimum Gasteiger partial charge on any atom is -0.349 e. The molecule has 1 amide bonds. The number of hydrogen-bond acceptors (Lipinski definition) is 4. The third kappa shape index (κ3) is 4.61. The van der Waals surface area contributed by atoms with Gasteiger partial charge in [0.15, 0.2) is 5.57 Å². The highest BCUT2D eigenvalue weighted by Gasteiger charge is 2.18. The normalized spacial score (nSPS) is 12.6. The van der Waals surface area contributed by atoms with Crippen LogP contribution in [0.1, 0.15) is 25.0 Å². The van der Waals surface area contributed by atoms with Crippen LogP contribution in [0.3, 0.4) is 0 Å². The number of rotatable bonds is 4. The maximum atomic E-state index is 13.4. The van der Waals surface area contributed by atoms with Crippen molar-refractivity contribution in [2.45, 2.75) is 26.8 Å². The van der Waals surface area contributed by atoms with Crippen molar-refractivity contribution in [1.29, 1.82) is 5.26 Å². The predicted molar refractivity (Wildman–Crippen MR) is 124 cm³/mol. The molecular formula is C23H20BrN3O2S. The fraction of sp³-hybridized carbons (Fsp3) is 0.174. The Hall–Kier alpha value is -2.95. The van der Waals surface area contributed by atoms with E-state index in [0.29, 0.717) is 14.9 Å². The minimum absolute atomic E-state index is 0.0806. The maximum absolute atomic E-state index is 13.4. The second kappa shape index (κ2) is 9.24. The molecule has 0 saturated carbocycles. The van der Waals surface area contributed by atoms with E-state index in [0.717, 1.165) is 26.9 Å². The first kappa shape index (κ1) is 21.8. The van der Waals surface area contributed by atoms with Crippen LogP contribution in [0.2, 0.25) is 0 Å². The number of nitrogens with one attached hydrogen (secondary N) is 1. The number of carbonyl (C=O) groups excluding carboxylic acids is 1. The summed E-state index contributed by atoms with van der Waals surface area (Å²) in [5.41, 5.74) is 2.01. The monoisotopic (exact) mass is 481 g/mol. The van der Waals surface area contributed by atoms with Crippen molar-refractivity contribution in [3.63, 3.8) is 0 Å². The Bertz CT molecular complexity index is 1330. The molecule has 0 fully saturated rings. The molecule has 3 rings (SSSR count). The largest absolute Gasteiger partial charge is 0.349 e. The van der Waals surface area contributed by atoms with E-state index in [1.54, 1.807) is 6.08 Å². The van der Waals surface area contributed by atoms with Crippen molar-refractivity contribution in [3.05, 3.63) is 83.7 Å². The number of halogens is 1. The zero-order valence-corrected chi connectivity index (χ0v) is 19.2. The summed E-state index contributed by atoms with van der Waals surface area (Å²) >= 11 is 4.57. The summed E-state index contributed by atoms with van der Waals surface area (Å²) in [6.45, 7) is 5.53. The summed E-state index contributed by atoms with van der Waals surface area (Å²) in [6.07, 6.45) is 1.77. The molecule has 7 heteroatoms. The number of amides is 1. The lowest BCUT2D eigenvalue weighted by Gasteiger charge is -2.09. The number of nitrogens with zero attached hydrogens (tertiary/aromatic N) is 2. The Balaban J connectivity index is 2.41. The van der Waals surface area contributed by atoms with Crippen molar-refractivity contribution in [1.82, 2.24) is 9.88 Å². The molecule has 0 aliphatic heterocycles. The number of carbonyl (C=O) groups is 1. The fourth-order valence-corrected chi connectivity index (χ4v) is 4.47. The molecule has 2 aromatic carbocycles. The van der Waals surface area contributed by atoms with E-state index in [2.05, 4.69) is 21.2 Å². The Kier molecular flexibility index (Phi) is 6.70. The van der Waals surface area contributed by atoms with Gasteiger partial charge >= 0.3 is 0 Å². The van der Waals surface area contributed by atoms with Crippen LogP contribution in [0, 0.1) is 18.3 Å². The molecule has 0 bridgehead atoms. The zero-order valence-electron chi connectivity index (χ0n) is 16.8. The second-order valence-electron chi connectivity index (χ2n) is 7.01. The van der Waals surface area contributed by atoms with Gasteiger partial charge in [0.25, 0.3) is 11.5 Å². The molecular weight excluding hydrogens is 462 g/mol. The molecule has 1 aromatic heterocycles. The molecule has 0 unspecified atom stereocenters. The number of aromatic nitrogens is 1. The van der Waals surface area contributed by atoms with Gasteiger partial charge in [-0.3, -0.25) is 14.2 Å². The van der Waals surface area contributed by atoms with Crippen LogP contribution in [0.5, 0.6) is 0 Å². The Morgan fingerprint density at radius 1 is 1.23 bits per heavy atom. The first-order valence-electron chi connectivity index (χ1n) is 9.32. The Labute approximate surface area is 186 Å². The van der Waals surface area contributed by atoms with Gasteiger partial charge in [0, 0.05) is 10.5 Å². The highest BCUT2D eigenvalue weighted by Crippen LogP contribution is 2.13. The van der Waals surface area contributed by atoms with E-state index in [-0.39, 0.29) is 17.2 Å². The summed E-state index contributed by atoms with van der Waals surface area (Å²) in [6, 6.07) is 16.9. The topological polar surface area (TPSA) is 74.9 Å². The van der Waals surface area contributed by atoms with Crippen LogP contribution in [-0.4, -0.2) is 16.5 Å². The number of para-hydroxylation sites is 1. The highest BCUT2D eigenvalue weighted by molar-refractivity contribution is 9.10. The Morgan fingerprint density at radius 3 is 2.60 bits per heavy atom. The quantitative estimate of drug-likeness (QED) is 0.622. The van der Waals surface area contributed by atoms with Crippen LogP contribution in [0.25, 0.3) is 17.3 Å². The molecule has 3 aromatic rings. The molecule has 30 heavy (non-hydrogen) atoms. The molecule has 0 aliphatic carbocycles. The van der Waals surface area contributed by atoms with Gasteiger partial charge in [-0.15, -0.1) is 11.3 Å². The van der Waals surface area contributed by atoms with Crippen LogP contribution in [0.15, 0.2) is 57.8 Å². The van der Waals surface area contributed by atoms with E-state index < -0.39 is 5.91 Å². The molecule has 1 heterocycles. The summed E-state index contributed by atoms with van der Waals surface area (Å²) in [5.74, 6) is -0.495. The van der Waals surface area contributed by atoms with E-state index in [9.17, 15) is 14.9 Å². The smallest absolute Gasteiger partial charge is 0.273 e. The van der Waals surface area contributed by atoms with Crippen LogP contribution in [-0.2, 0) is 4.79 Å². The average Bonchev–Trinajstić information content (AvgIpc) is 2.98. The lowest BCUT2D eigenvalue weighted by Crippen LogP contribution is -2.36. The average molecular weight is 482 g/mol. The molecule has 0 aliphatic rings. The van der Waals surface area contributed by atoms with E-state index in [1.807, 2.05) is 75.4 Å². The first-order chi connectivity index (χ1) is 14.3. The standard InChI is InChI=1S/C23H20BrN3O2S/c1-14(2)26-21(28)18(13-25)23-27(19-10-5-4-7-15(19)3)22(29)20(30-23)12-16-8-6-9-17(24)11-16/h4-12,14H,1-3H3,(H,26,28)/b20-12+,23-18-. The van der Waals surface area contributed by atoms with Gasteiger partial charge in [-0.1, -0.05) is 46.3 Å². The summed E-state index contributed by atoms with van der Waals surface area (Å²) in [7, 11) is 0. The molecule has 152 valence electrons. The van der Waals surface area contributed by atoms with Gasteiger partial charge in [-0.2, -0.15) is 5.26 Å². The molecule has 0 radical (unpaired) electrons. The van der Waals surface area contributed by atoms with Crippen molar-refractivity contribution in [2.75, 3.05) is 0 Å². The number of aryl methyl sites for hydroxylation is 1. The second-order valence-corrected chi connectivity index (χ2v) is 8.96. The lowest BCUT2D eigenvalue weighted by atomic mass is 10.2. The molecule has 0 spiro atoms. The number of thiazole rings is 1. The zero-order chi connectivity index (χ0) is 21.8. The minimum atomic E-state index is -0.495. The summed E-state index contributed by atoms with van der Waals surface area (Å²) < 4.78 is 3.11. The lowest BCUT2D eigenvalue weighted by molar-refractivity contribution is -0.116. The SMILES string of the molecule is Cc1ccccc1-n1c(=O)/c(=C\c2cccc(Br)c2)s/c1=C(/C#N)C(=O)NC(C)C. The van der Waals surface area contributed by atoms with E-state index in [4.69, 9.17) is 0 Å². The van der Waals surface area contributed by atoms with Crippen molar-refractivity contribution >= 4 is 44.8 Å². The van der Waals surface area contributed by atoms with Gasteiger partial charge in [0.1, 0.15) is 10.7 Å². The van der Waals surface area contributed by atoms with Gasteiger partial charge in [0.2, 0.25) is 0 Å². The third-order valence-electron chi connectivity index (χ3n) is 4.30. The van der Waals surface area contributed by atoms with Crippen molar-refractivity contribution < 1.29 is 4.79 Å². The third-order valence-corrected chi connectivity index (χ3v) is 5.88. The van der Waals surface area contributed by atoms with Crippen LogP contribution in [0.4, 0.5) is 0 Å². The number of hydrogen-bond donors (Lipinski definition) is 1. The van der Waals surface area contributed by atoms with Gasteiger partial charge in [0.05, 0.1) is 10.2 Å². The van der Waals surface area contributed by atoms with E-state index in [1.165, 1.54) is 4.57 Å². The number of benzene rings is 2. The Morgan fingerprint density at radius 2 is 1.97 bits per heavy atom. The van der Waals surface area contributed by atoms with Gasteiger partial charge < -0.3 is 5.32 Å². The molecule has 0 saturated heterocycles. The molecule has 0 atom stereocenters. The predicted octanol–water partition coefficient (Wildman–Crippen LogP) is 3.00. The van der Waals surface area contributed by atoms with Crippen molar-refractivity contribution in [3.8, 4) is 11.8 Å². The molecule has 1 N–H and O–H groups in total. The first-order valence-corrected chi connectivity index (χ1v) is 10.9. The maximum Gasteiger partial charge on any atom is 0.273 e. The highest BCUT2D eigenvalue weighted by atomic mass is 79.9. The fourth-order valence-electron chi connectivity index (χ4n) is 2.96. The van der Waals surface area contributed by atoms with Gasteiger partial charge in [-0.25, -0.2) is 0 Å². The van der Waals surface area contributed by atoms with Crippen molar-refractivity contribution in [2.24, 2.45) is 0 Å². The van der Waals surface area contributed by atoms with Crippen LogP contribution < -0.4 is 20.1 Å². The van der Waals surface area contributed by atoms with Crippen LogP contribution >= 0.6 is 27.3 Å². The van der Waals surface area contributed by atoms with Gasteiger partial charge in [-0.05, 0) is 56.2 Å². The summed E-state index contributed by atoms with van der Waals surface area (Å²) in [4.78, 5) is 26.1. The van der Waals surface area contributed by atoms with E-state index >= 15 is 0 Å². The molecule has 5 nitrogen and oxygen atoms in total.